The highest BCUT2D eigenvalue weighted by atomic mass is 32.2. The van der Waals surface area contributed by atoms with Crippen LogP contribution >= 0.6 is 0 Å². The van der Waals surface area contributed by atoms with Crippen molar-refractivity contribution in [3.05, 3.63) is 65.5 Å². The van der Waals surface area contributed by atoms with Crippen LogP contribution in [0.25, 0.3) is 0 Å². The first-order valence-electron chi connectivity index (χ1n) is 9.17. The second-order valence-corrected chi connectivity index (χ2v) is 8.40. The molecule has 0 saturated heterocycles. The van der Waals surface area contributed by atoms with Crippen molar-refractivity contribution >= 4 is 16.0 Å². The van der Waals surface area contributed by atoms with Crippen LogP contribution in [-0.2, 0) is 22.3 Å². The van der Waals surface area contributed by atoms with Gasteiger partial charge in [0.05, 0.1) is 12.3 Å². The second-order valence-electron chi connectivity index (χ2n) is 6.47. The summed E-state index contributed by atoms with van der Waals surface area (Å²) >= 11 is 0. The molecule has 2 rings (SSSR count). The second kappa shape index (κ2) is 10.8. The van der Waals surface area contributed by atoms with Gasteiger partial charge in [0.1, 0.15) is 17.7 Å². The van der Waals surface area contributed by atoms with E-state index in [1.54, 1.807) is 31.3 Å². The molecule has 0 aromatic heterocycles. The van der Waals surface area contributed by atoms with Crippen molar-refractivity contribution in [1.29, 1.82) is 0 Å². The van der Waals surface area contributed by atoms with Gasteiger partial charge in [-0.15, -0.1) is 0 Å². The van der Waals surface area contributed by atoms with Crippen molar-refractivity contribution in [1.82, 2.24) is 15.4 Å². The Morgan fingerprint density at radius 2 is 1.69 bits per heavy atom. The van der Waals surface area contributed by atoms with Crippen LogP contribution in [0, 0.1) is 5.82 Å². The summed E-state index contributed by atoms with van der Waals surface area (Å²) in [4.78, 5) is 4.17. The van der Waals surface area contributed by atoms with Crippen molar-refractivity contribution in [3.8, 4) is 5.75 Å². The third kappa shape index (κ3) is 8.08. The maximum Gasteiger partial charge on any atom is 0.215 e. The van der Waals surface area contributed by atoms with Gasteiger partial charge in [-0.05, 0) is 49.4 Å². The van der Waals surface area contributed by atoms with Crippen LogP contribution in [0.4, 0.5) is 4.39 Å². The number of benzene rings is 2. The Hall–Kier alpha value is -2.65. The molecule has 29 heavy (non-hydrogen) atoms. The summed E-state index contributed by atoms with van der Waals surface area (Å²) in [6, 6.07) is 13.2. The lowest BCUT2D eigenvalue weighted by molar-refractivity contribution is 0.223. The molecule has 0 amide bonds. The molecule has 1 atom stereocenters. The molecule has 9 heteroatoms. The Balaban J connectivity index is 1.79. The van der Waals surface area contributed by atoms with E-state index in [9.17, 15) is 12.8 Å². The number of nitrogens with zero attached hydrogens (tertiary/aromatic N) is 1. The largest absolute Gasteiger partial charge is 0.489 e. The average molecular weight is 423 g/mol. The molecule has 0 fully saturated rings. The fraction of sp³-hybridized carbons (Fsp3) is 0.350. The summed E-state index contributed by atoms with van der Waals surface area (Å²) in [6.07, 6.45) is -0.146. The number of rotatable bonds is 9. The predicted molar refractivity (Wildman–Crippen MR) is 113 cm³/mol. The zero-order valence-electron chi connectivity index (χ0n) is 16.8. The van der Waals surface area contributed by atoms with Crippen LogP contribution in [-0.4, -0.2) is 41.1 Å². The number of sulfonamides is 1. The molecule has 0 bridgehead atoms. The molecule has 1 unspecified atom stereocenters. The molecule has 2 aromatic rings. The maximum absolute atomic E-state index is 12.9. The first-order chi connectivity index (χ1) is 13.8. The zero-order valence-corrected chi connectivity index (χ0v) is 17.6. The molecular weight excluding hydrogens is 395 g/mol. The molecule has 3 N–H and O–H groups in total. The highest BCUT2D eigenvalue weighted by Gasteiger charge is 2.09. The molecule has 0 radical (unpaired) electrons. The minimum absolute atomic E-state index is 0.0492. The van der Waals surface area contributed by atoms with Gasteiger partial charge in [0.2, 0.25) is 10.0 Å². The number of halogens is 1. The number of nitrogens with one attached hydrogen (secondary N) is 3. The van der Waals surface area contributed by atoms with Gasteiger partial charge in [-0.3, -0.25) is 4.99 Å². The van der Waals surface area contributed by atoms with Crippen molar-refractivity contribution in [2.75, 3.05) is 20.6 Å². The van der Waals surface area contributed by atoms with Gasteiger partial charge in [-0.1, -0.05) is 24.3 Å². The lowest BCUT2D eigenvalue weighted by atomic mass is 10.1. The summed E-state index contributed by atoms with van der Waals surface area (Å²) in [6.45, 7) is 2.95. The van der Waals surface area contributed by atoms with Gasteiger partial charge in [0.25, 0.3) is 0 Å². The van der Waals surface area contributed by atoms with Gasteiger partial charge >= 0.3 is 0 Å². The quantitative estimate of drug-likeness (QED) is 0.425. The van der Waals surface area contributed by atoms with Crippen molar-refractivity contribution in [2.45, 2.75) is 25.3 Å². The zero-order chi connectivity index (χ0) is 21.3. The Morgan fingerprint density at radius 3 is 2.28 bits per heavy atom. The lowest BCUT2D eigenvalue weighted by Crippen LogP contribution is -2.41. The minimum Gasteiger partial charge on any atom is -0.489 e. The number of aliphatic imine (C=N–C) groups is 1. The van der Waals surface area contributed by atoms with Crippen LogP contribution in [0.3, 0.4) is 0 Å². The van der Waals surface area contributed by atoms with Crippen molar-refractivity contribution in [2.24, 2.45) is 4.99 Å². The normalized spacial score (nSPS) is 13.0. The molecule has 0 heterocycles. The third-order valence-corrected chi connectivity index (χ3v) is 5.42. The van der Waals surface area contributed by atoms with Gasteiger partial charge in [-0.25, -0.2) is 17.5 Å². The molecule has 0 aliphatic heterocycles. The maximum atomic E-state index is 12.9. The van der Waals surface area contributed by atoms with Crippen LogP contribution < -0.4 is 20.1 Å². The SMILES string of the molecule is CN=C(NCc1ccc(CS(=O)(=O)NC)cc1)NCC(C)Oc1ccc(F)cc1. The number of guanidine groups is 1. The fourth-order valence-electron chi connectivity index (χ4n) is 2.48. The molecule has 7 nitrogen and oxygen atoms in total. The van der Waals surface area contributed by atoms with E-state index in [1.807, 2.05) is 19.1 Å². The third-order valence-electron chi connectivity index (χ3n) is 4.08. The number of ether oxygens (including phenoxy) is 1. The molecule has 0 aliphatic carbocycles. The van der Waals surface area contributed by atoms with Crippen LogP contribution in [0.1, 0.15) is 18.1 Å². The summed E-state index contributed by atoms with van der Waals surface area (Å²) in [5.41, 5.74) is 1.71. The predicted octanol–water partition coefficient (Wildman–Crippen LogP) is 2.01. The number of hydrogen-bond donors (Lipinski definition) is 3. The van der Waals surface area contributed by atoms with E-state index in [1.165, 1.54) is 19.2 Å². The fourth-order valence-corrected chi connectivity index (χ4v) is 3.25. The lowest BCUT2D eigenvalue weighted by Gasteiger charge is -2.18. The van der Waals surface area contributed by atoms with E-state index >= 15 is 0 Å². The number of hydrogen-bond acceptors (Lipinski definition) is 4. The van der Waals surface area contributed by atoms with Gasteiger partial charge in [0, 0.05) is 13.6 Å². The Labute approximate surface area is 171 Å². The topological polar surface area (TPSA) is 91.8 Å². The van der Waals surface area contributed by atoms with Crippen molar-refractivity contribution in [3.63, 3.8) is 0 Å². The van der Waals surface area contributed by atoms with Gasteiger partial charge < -0.3 is 15.4 Å². The molecule has 0 aliphatic rings. The Morgan fingerprint density at radius 1 is 1.07 bits per heavy atom. The molecule has 2 aromatic carbocycles. The smallest absolute Gasteiger partial charge is 0.215 e. The minimum atomic E-state index is -3.28. The Bertz CT molecular complexity index is 900. The van der Waals surface area contributed by atoms with Crippen LogP contribution in [0.2, 0.25) is 0 Å². The first kappa shape index (κ1) is 22.6. The van der Waals surface area contributed by atoms with E-state index in [2.05, 4.69) is 20.3 Å². The first-order valence-corrected chi connectivity index (χ1v) is 10.8. The van der Waals surface area contributed by atoms with E-state index < -0.39 is 10.0 Å². The molecular formula is C20H27FN4O3S. The highest BCUT2D eigenvalue weighted by Crippen LogP contribution is 2.12. The molecule has 0 spiro atoms. The van der Waals surface area contributed by atoms with E-state index in [0.29, 0.717) is 24.8 Å². The molecule has 0 saturated carbocycles. The molecule has 158 valence electrons. The van der Waals surface area contributed by atoms with Crippen LogP contribution in [0.5, 0.6) is 5.75 Å². The summed E-state index contributed by atoms with van der Waals surface area (Å²) in [7, 11) is -0.207. The summed E-state index contributed by atoms with van der Waals surface area (Å²) < 4.78 is 44.1. The highest BCUT2D eigenvalue weighted by molar-refractivity contribution is 7.88. The van der Waals surface area contributed by atoms with E-state index in [4.69, 9.17) is 4.74 Å². The summed E-state index contributed by atoms with van der Waals surface area (Å²) in [5, 5.41) is 6.37. The standard InChI is InChI=1S/C20H27FN4O3S/c1-15(28-19-10-8-18(21)9-11-19)12-24-20(22-2)25-13-16-4-6-17(7-5-16)14-29(26,27)23-3/h4-11,15,23H,12-14H2,1-3H3,(H2,22,24,25). The van der Waals surface area contributed by atoms with Gasteiger partial charge in [0.15, 0.2) is 5.96 Å². The van der Waals surface area contributed by atoms with E-state index in [-0.39, 0.29) is 17.7 Å². The Kier molecular flexibility index (Phi) is 8.41. The van der Waals surface area contributed by atoms with E-state index in [0.717, 1.165) is 11.1 Å². The van der Waals surface area contributed by atoms with Crippen molar-refractivity contribution < 1.29 is 17.5 Å². The summed E-state index contributed by atoms with van der Waals surface area (Å²) in [5.74, 6) is 0.863. The van der Waals surface area contributed by atoms with Gasteiger partial charge in [-0.2, -0.15) is 0 Å². The average Bonchev–Trinajstić information content (AvgIpc) is 2.71. The van der Waals surface area contributed by atoms with Crippen LogP contribution in [0.15, 0.2) is 53.5 Å². The monoisotopic (exact) mass is 422 g/mol.